The number of amides is 2. The van der Waals surface area contributed by atoms with Gasteiger partial charge in [-0.15, -0.1) is 11.3 Å². The monoisotopic (exact) mass is 372 g/mol. The van der Waals surface area contributed by atoms with Gasteiger partial charge in [0.2, 0.25) is 5.91 Å². The molecule has 26 heavy (non-hydrogen) atoms. The zero-order chi connectivity index (χ0) is 18.7. The quantitative estimate of drug-likeness (QED) is 0.789. The minimum absolute atomic E-state index is 0.352. The molecule has 1 heterocycles. The second kappa shape index (κ2) is 7.70. The Morgan fingerprint density at radius 1 is 1.27 bits per heavy atom. The van der Waals surface area contributed by atoms with Crippen LogP contribution < -0.4 is 11.1 Å². The number of fused-ring (bicyclic) bond motifs is 1. The average molecular weight is 372 g/mol. The Balaban J connectivity index is 1.52. The average Bonchev–Trinajstić information content (AvgIpc) is 3.03. The highest BCUT2D eigenvalue weighted by Gasteiger charge is 2.21. The summed E-state index contributed by atoms with van der Waals surface area (Å²) in [4.78, 5) is 36.9. The van der Waals surface area contributed by atoms with Gasteiger partial charge in [-0.05, 0) is 61.1 Å². The van der Waals surface area contributed by atoms with Crippen LogP contribution in [0.2, 0.25) is 0 Å². The van der Waals surface area contributed by atoms with Gasteiger partial charge in [0.15, 0.2) is 6.61 Å². The van der Waals surface area contributed by atoms with Gasteiger partial charge in [0.05, 0.1) is 0 Å². The number of nitrogens with two attached hydrogens (primary N) is 1. The number of anilines is 1. The third-order valence-corrected chi connectivity index (χ3v) is 5.54. The molecule has 0 aliphatic heterocycles. The lowest BCUT2D eigenvalue weighted by Crippen LogP contribution is -2.20. The van der Waals surface area contributed by atoms with Crippen LogP contribution in [0.1, 0.15) is 43.8 Å². The molecule has 1 atom stereocenters. The minimum Gasteiger partial charge on any atom is -0.451 e. The van der Waals surface area contributed by atoms with Gasteiger partial charge in [0.1, 0.15) is 4.88 Å². The van der Waals surface area contributed by atoms with Crippen LogP contribution >= 0.6 is 11.3 Å². The van der Waals surface area contributed by atoms with Crippen molar-refractivity contribution in [3.8, 4) is 0 Å². The number of thiophene rings is 1. The first-order valence-electron chi connectivity index (χ1n) is 8.41. The molecule has 3 N–H and O–H groups in total. The van der Waals surface area contributed by atoms with Crippen molar-refractivity contribution in [3.05, 3.63) is 51.2 Å². The predicted octanol–water partition coefficient (Wildman–Crippen LogP) is 2.77. The molecule has 1 aliphatic rings. The van der Waals surface area contributed by atoms with Crippen molar-refractivity contribution < 1.29 is 19.1 Å². The number of rotatable bonds is 5. The van der Waals surface area contributed by atoms with Crippen LogP contribution in [0.15, 0.2) is 30.3 Å². The van der Waals surface area contributed by atoms with Gasteiger partial charge in [0.25, 0.3) is 5.91 Å². The number of carbonyl (C=O) groups excluding carboxylic acids is 3. The molecule has 136 valence electrons. The second-order valence-electron chi connectivity index (χ2n) is 6.47. The van der Waals surface area contributed by atoms with Gasteiger partial charge in [-0.1, -0.05) is 6.92 Å². The van der Waals surface area contributed by atoms with Crippen molar-refractivity contribution in [3.63, 3.8) is 0 Å². The van der Waals surface area contributed by atoms with E-state index >= 15 is 0 Å². The van der Waals surface area contributed by atoms with E-state index in [0.29, 0.717) is 22.0 Å². The second-order valence-corrected chi connectivity index (χ2v) is 7.61. The van der Waals surface area contributed by atoms with Crippen molar-refractivity contribution in [2.45, 2.75) is 26.2 Å². The van der Waals surface area contributed by atoms with Gasteiger partial charge >= 0.3 is 5.97 Å². The van der Waals surface area contributed by atoms with Crippen LogP contribution in [0.3, 0.4) is 0 Å². The molecule has 1 aliphatic carbocycles. The number of benzene rings is 1. The van der Waals surface area contributed by atoms with Gasteiger partial charge in [-0.3, -0.25) is 9.59 Å². The largest absolute Gasteiger partial charge is 0.451 e. The highest BCUT2D eigenvalue weighted by Crippen LogP contribution is 2.32. The van der Waals surface area contributed by atoms with Crippen LogP contribution in [0.4, 0.5) is 5.69 Å². The Kier molecular flexibility index (Phi) is 5.37. The Morgan fingerprint density at radius 3 is 2.69 bits per heavy atom. The number of nitrogens with one attached hydrogen (secondary N) is 1. The number of esters is 1. The number of carbonyl (C=O) groups is 3. The highest BCUT2D eigenvalue weighted by atomic mass is 32.1. The third kappa shape index (κ3) is 4.29. The van der Waals surface area contributed by atoms with Crippen LogP contribution in [0.25, 0.3) is 0 Å². The van der Waals surface area contributed by atoms with E-state index < -0.39 is 17.8 Å². The molecule has 0 radical (unpaired) electrons. The SMILES string of the molecule is C[C@@H]1CCc2sc(C(=O)OCC(=O)Nc3ccc(C(N)=O)cc3)cc2C1. The molecule has 0 unspecified atom stereocenters. The summed E-state index contributed by atoms with van der Waals surface area (Å²) in [5.41, 5.74) is 7.23. The van der Waals surface area contributed by atoms with Gasteiger partial charge < -0.3 is 15.8 Å². The normalized spacial score (nSPS) is 15.8. The smallest absolute Gasteiger partial charge is 0.348 e. The summed E-state index contributed by atoms with van der Waals surface area (Å²) in [7, 11) is 0. The first-order valence-corrected chi connectivity index (χ1v) is 9.22. The number of ether oxygens (including phenoxy) is 1. The summed E-state index contributed by atoms with van der Waals surface area (Å²) in [6.45, 7) is 1.84. The van der Waals surface area contributed by atoms with Crippen molar-refractivity contribution in [2.75, 3.05) is 11.9 Å². The summed E-state index contributed by atoms with van der Waals surface area (Å²) in [6, 6.07) is 8.04. The lowest BCUT2D eigenvalue weighted by Gasteiger charge is -2.16. The molecular formula is C19H20N2O4S. The fourth-order valence-electron chi connectivity index (χ4n) is 2.92. The molecule has 0 saturated heterocycles. The molecule has 7 heteroatoms. The molecule has 6 nitrogen and oxygen atoms in total. The summed E-state index contributed by atoms with van der Waals surface area (Å²) >= 11 is 1.46. The van der Waals surface area contributed by atoms with E-state index in [1.54, 1.807) is 12.1 Å². The Labute approximate surface area is 155 Å². The molecule has 0 spiro atoms. The van der Waals surface area contributed by atoms with Crippen LogP contribution in [0.5, 0.6) is 0 Å². The lowest BCUT2D eigenvalue weighted by molar-refractivity contribution is -0.119. The summed E-state index contributed by atoms with van der Waals surface area (Å²) < 4.78 is 5.11. The summed E-state index contributed by atoms with van der Waals surface area (Å²) in [5.74, 6) is -0.825. The van der Waals surface area contributed by atoms with E-state index in [0.717, 1.165) is 19.3 Å². The maximum absolute atomic E-state index is 12.2. The topological polar surface area (TPSA) is 98.5 Å². The molecule has 0 bridgehead atoms. The molecule has 0 fully saturated rings. The third-order valence-electron chi connectivity index (χ3n) is 4.32. The number of primary amides is 1. The van der Waals surface area contributed by atoms with Gasteiger partial charge in [-0.2, -0.15) is 0 Å². The van der Waals surface area contributed by atoms with Crippen LogP contribution in [-0.2, 0) is 22.4 Å². The molecule has 2 aromatic rings. The first kappa shape index (κ1) is 18.1. The van der Waals surface area contributed by atoms with E-state index in [1.807, 2.05) is 6.07 Å². The molecule has 1 aromatic heterocycles. The van der Waals surface area contributed by atoms with E-state index in [9.17, 15) is 14.4 Å². The number of hydrogen-bond acceptors (Lipinski definition) is 5. The van der Waals surface area contributed by atoms with E-state index in [1.165, 1.54) is 33.9 Å². The van der Waals surface area contributed by atoms with Crippen LogP contribution in [0, 0.1) is 5.92 Å². The maximum atomic E-state index is 12.2. The first-order chi connectivity index (χ1) is 12.4. The summed E-state index contributed by atoms with van der Waals surface area (Å²) in [6.07, 6.45) is 3.12. The number of hydrogen-bond donors (Lipinski definition) is 2. The molecule has 1 aromatic carbocycles. The van der Waals surface area contributed by atoms with Crippen molar-refractivity contribution in [2.24, 2.45) is 11.7 Å². The van der Waals surface area contributed by atoms with Gasteiger partial charge in [-0.25, -0.2) is 4.79 Å². The van der Waals surface area contributed by atoms with E-state index in [2.05, 4.69) is 12.2 Å². The lowest BCUT2D eigenvalue weighted by atomic mass is 9.90. The van der Waals surface area contributed by atoms with E-state index in [-0.39, 0.29) is 6.61 Å². The molecular weight excluding hydrogens is 352 g/mol. The van der Waals surface area contributed by atoms with Crippen LogP contribution in [-0.4, -0.2) is 24.4 Å². The van der Waals surface area contributed by atoms with Crippen molar-refractivity contribution in [1.29, 1.82) is 0 Å². The molecule has 0 saturated carbocycles. The Hall–Kier alpha value is -2.67. The number of aryl methyl sites for hydroxylation is 1. The minimum atomic E-state index is -0.537. The Morgan fingerprint density at radius 2 is 2.00 bits per heavy atom. The maximum Gasteiger partial charge on any atom is 0.348 e. The van der Waals surface area contributed by atoms with Gasteiger partial charge in [0, 0.05) is 16.1 Å². The molecule has 2 amide bonds. The van der Waals surface area contributed by atoms with Crippen molar-refractivity contribution >= 4 is 34.8 Å². The summed E-state index contributed by atoms with van der Waals surface area (Å²) in [5, 5.41) is 2.60. The zero-order valence-electron chi connectivity index (χ0n) is 14.4. The predicted molar refractivity (Wildman–Crippen MR) is 99.4 cm³/mol. The fraction of sp³-hybridized carbons (Fsp3) is 0.316. The highest BCUT2D eigenvalue weighted by molar-refractivity contribution is 7.14. The van der Waals surface area contributed by atoms with Crippen molar-refractivity contribution in [1.82, 2.24) is 0 Å². The fourth-order valence-corrected chi connectivity index (χ4v) is 4.03. The zero-order valence-corrected chi connectivity index (χ0v) is 15.2. The standard InChI is InChI=1S/C19H20N2O4S/c1-11-2-7-15-13(8-11)9-16(26-15)19(24)25-10-17(22)21-14-5-3-12(4-6-14)18(20)23/h3-6,9,11H,2,7-8,10H2,1H3,(H2,20,23)(H,21,22)/t11-/m1/s1. The molecule has 3 rings (SSSR count). The Bertz CT molecular complexity index is 842. The van der Waals surface area contributed by atoms with E-state index in [4.69, 9.17) is 10.5 Å².